The Labute approximate surface area is 173 Å². The van der Waals surface area contributed by atoms with Gasteiger partial charge in [-0.25, -0.2) is 4.57 Å². The lowest BCUT2D eigenvalue weighted by Crippen LogP contribution is -2.15. The molecule has 0 atom stereocenters. The van der Waals surface area contributed by atoms with E-state index >= 15 is 0 Å². The molecule has 0 amide bonds. The molecule has 30 heavy (non-hydrogen) atoms. The van der Waals surface area contributed by atoms with Crippen molar-refractivity contribution in [3.05, 3.63) is 103 Å². The van der Waals surface area contributed by atoms with Crippen LogP contribution in [-0.2, 0) is 4.57 Å². The number of para-hydroxylation sites is 3. The molecule has 3 aromatic carbocycles. The highest BCUT2D eigenvalue weighted by Gasteiger charge is 2.37. The highest BCUT2D eigenvalue weighted by Crippen LogP contribution is 2.50. The van der Waals surface area contributed by atoms with Crippen molar-refractivity contribution in [1.82, 2.24) is 4.98 Å². The van der Waals surface area contributed by atoms with Crippen LogP contribution in [0.1, 0.15) is 0 Å². The average molecular weight is 415 g/mol. The van der Waals surface area contributed by atoms with Crippen molar-refractivity contribution in [2.45, 2.75) is 0 Å². The van der Waals surface area contributed by atoms with Gasteiger partial charge in [-0.2, -0.15) is 0 Å². The van der Waals surface area contributed by atoms with E-state index < -0.39 is 7.60 Å². The van der Waals surface area contributed by atoms with E-state index in [1.54, 1.807) is 30.3 Å². The molecule has 2 aromatic heterocycles. The summed E-state index contributed by atoms with van der Waals surface area (Å²) >= 11 is 0. The second-order valence-corrected chi connectivity index (χ2v) is 8.55. The molecule has 148 valence electrons. The molecule has 0 unspecified atom stereocenters. The number of furan rings is 1. The average Bonchev–Trinajstić information content (AvgIpc) is 3.42. The molecule has 0 aliphatic rings. The molecule has 0 aliphatic carbocycles. The zero-order chi connectivity index (χ0) is 20.4. The summed E-state index contributed by atoms with van der Waals surface area (Å²) in [7, 11) is -3.83. The quantitative estimate of drug-likeness (QED) is 0.326. The predicted octanol–water partition coefficient (Wildman–Crippen LogP) is 6.40. The van der Waals surface area contributed by atoms with Crippen molar-refractivity contribution in [3.8, 4) is 23.0 Å². The fraction of sp³-hybridized carbons (Fsp3) is 0. The maximum absolute atomic E-state index is 14.1. The van der Waals surface area contributed by atoms with Gasteiger partial charge in [-0.05, 0) is 42.5 Å². The number of benzene rings is 3. The number of fused-ring (bicyclic) bond motifs is 1. The van der Waals surface area contributed by atoms with E-state index in [2.05, 4.69) is 4.98 Å². The molecule has 6 heteroatoms. The monoisotopic (exact) mass is 415 g/mol. The van der Waals surface area contributed by atoms with Crippen LogP contribution in [0.25, 0.3) is 22.4 Å². The van der Waals surface area contributed by atoms with Crippen molar-refractivity contribution in [1.29, 1.82) is 0 Å². The zero-order valence-electron chi connectivity index (χ0n) is 15.9. The second-order valence-electron chi connectivity index (χ2n) is 6.71. The van der Waals surface area contributed by atoms with Gasteiger partial charge >= 0.3 is 7.60 Å². The third kappa shape index (κ3) is 3.51. The Kier molecular flexibility index (Phi) is 4.66. The fourth-order valence-corrected chi connectivity index (χ4v) is 4.97. The van der Waals surface area contributed by atoms with Gasteiger partial charge in [0.15, 0.2) is 5.76 Å². The fourth-order valence-electron chi connectivity index (χ4n) is 3.27. The van der Waals surface area contributed by atoms with Crippen LogP contribution >= 0.6 is 7.60 Å². The Balaban J connectivity index is 1.61. The first kappa shape index (κ1) is 18.3. The number of rotatable bonds is 6. The molecule has 5 rings (SSSR count). The molecule has 0 saturated carbocycles. The molecular weight excluding hydrogens is 397 g/mol. The lowest BCUT2D eigenvalue weighted by Gasteiger charge is -2.19. The highest BCUT2D eigenvalue weighted by molar-refractivity contribution is 7.63. The molecule has 0 spiro atoms. The normalized spacial score (nSPS) is 11.5. The molecule has 5 nitrogen and oxygen atoms in total. The Morgan fingerprint density at radius 1 is 0.733 bits per heavy atom. The summed E-state index contributed by atoms with van der Waals surface area (Å²) in [5.74, 6) is 1.31. The van der Waals surface area contributed by atoms with Crippen molar-refractivity contribution < 1.29 is 18.0 Å². The smallest absolute Gasteiger partial charge is 0.462 e. The van der Waals surface area contributed by atoms with Crippen molar-refractivity contribution in [2.75, 3.05) is 0 Å². The first-order chi connectivity index (χ1) is 14.7. The molecule has 0 bridgehead atoms. The molecule has 1 N–H and O–H groups in total. The summed E-state index contributed by atoms with van der Waals surface area (Å²) in [6.45, 7) is 0. The van der Waals surface area contributed by atoms with Gasteiger partial charge in [0.25, 0.3) is 0 Å². The Hall–Kier alpha value is -3.69. The van der Waals surface area contributed by atoms with Crippen LogP contribution in [0.15, 0.2) is 108 Å². The van der Waals surface area contributed by atoms with E-state index in [1.807, 2.05) is 66.7 Å². The third-order valence-electron chi connectivity index (χ3n) is 4.65. The van der Waals surface area contributed by atoms with E-state index in [9.17, 15) is 4.57 Å². The van der Waals surface area contributed by atoms with Crippen LogP contribution in [0, 0.1) is 0 Å². The molecule has 0 radical (unpaired) electrons. The van der Waals surface area contributed by atoms with Crippen LogP contribution in [-0.4, -0.2) is 4.98 Å². The van der Waals surface area contributed by atoms with Crippen LogP contribution in [0.4, 0.5) is 0 Å². The molecule has 5 aromatic rings. The van der Waals surface area contributed by atoms with Crippen molar-refractivity contribution in [2.24, 2.45) is 0 Å². The summed E-state index contributed by atoms with van der Waals surface area (Å²) in [6, 6.07) is 29.4. The molecule has 0 aliphatic heterocycles. The van der Waals surface area contributed by atoms with E-state index in [4.69, 9.17) is 13.5 Å². The van der Waals surface area contributed by atoms with E-state index in [1.165, 1.54) is 6.26 Å². The van der Waals surface area contributed by atoms with Crippen LogP contribution in [0.2, 0.25) is 0 Å². The van der Waals surface area contributed by atoms with E-state index in [0.29, 0.717) is 28.3 Å². The maximum atomic E-state index is 14.1. The summed E-state index contributed by atoms with van der Waals surface area (Å²) in [5, 5.41) is 1.37. The first-order valence-electron chi connectivity index (χ1n) is 9.47. The van der Waals surface area contributed by atoms with E-state index in [-0.39, 0.29) is 0 Å². The van der Waals surface area contributed by atoms with Gasteiger partial charge in [-0.3, -0.25) is 0 Å². The SMILES string of the molecule is O=P(Oc1ccccc1)(Oc1ccccc1)c1ccoc1-c1cc2ccccc2[nH]1. The topological polar surface area (TPSA) is 64.5 Å². The summed E-state index contributed by atoms with van der Waals surface area (Å²) < 4.78 is 31.7. The standard InChI is InChI=1S/C24H18NO4P/c26-30(28-19-10-3-1-4-11-19,29-20-12-5-2-6-13-20)23-15-16-27-24(23)22-17-18-9-7-8-14-21(18)25-22/h1-17,25H. The van der Waals surface area contributed by atoms with Gasteiger partial charge in [0.2, 0.25) is 0 Å². The number of H-pyrrole nitrogens is 1. The number of hydrogen-bond acceptors (Lipinski definition) is 4. The third-order valence-corrected chi connectivity index (χ3v) is 6.50. The van der Waals surface area contributed by atoms with Gasteiger partial charge in [0.1, 0.15) is 16.8 Å². The minimum Gasteiger partial charge on any atom is -0.462 e. The Morgan fingerprint density at radius 3 is 1.97 bits per heavy atom. The van der Waals surface area contributed by atoms with E-state index in [0.717, 1.165) is 10.9 Å². The van der Waals surface area contributed by atoms with Gasteiger partial charge in [-0.1, -0.05) is 54.6 Å². The van der Waals surface area contributed by atoms with Crippen LogP contribution < -0.4 is 14.4 Å². The summed E-state index contributed by atoms with van der Waals surface area (Å²) in [4.78, 5) is 3.31. The Bertz CT molecular complexity index is 1250. The number of aromatic nitrogens is 1. The summed E-state index contributed by atoms with van der Waals surface area (Å²) in [6.07, 6.45) is 1.49. The molecule has 0 saturated heterocycles. The van der Waals surface area contributed by atoms with Crippen LogP contribution in [0.3, 0.4) is 0 Å². The number of hydrogen-bond donors (Lipinski definition) is 1. The van der Waals surface area contributed by atoms with Gasteiger partial charge < -0.3 is 18.4 Å². The Morgan fingerprint density at radius 2 is 1.33 bits per heavy atom. The van der Waals surface area contributed by atoms with Gasteiger partial charge in [0.05, 0.1) is 12.0 Å². The lowest BCUT2D eigenvalue weighted by atomic mass is 10.2. The van der Waals surface area contributed by atoms with Crippen molar-refractivity contribution >= 4 is 23.8 Å². The van der Waals surface area contributed by atoms with Crippen LogP contribution in [0.5, 0.6) is 11.5 Å². The second kappa shape index (κ2) is 7.62. The zero-order valence-corrected chi connectivity index (χ0v) is 16.8. The largest absolute Gasteiger partial charge is 0.466 e. The van der Waals surface area contributed by atoms with Gasteiger partial charge in [-0.15, -0.1) is 0 Å². The summed E-state index contributed by atoms with van der Waals surface area (Å²) in [5.41, 5.74) is 1.65. The molecule has 0 fully saturated rings. The predicted molar refractivity (Wildman–Crippen MR) is 117 cm³/mol. The van der Waals surface area contributed by atoms with Crippen molar-refractivity contribution in [3.63, 3.8) is 0 Å². The lowest BCUT2D eigenvalue weighted by molar-refractivity contribution is 0.399. The number of nitrogens with one attached hydrogen (secondary N) is 1. The van der Waals surface area contributed by atoms with Gasteiger partial charge in [0, 0.05) is 10.9 Å². The molecule has 2 heterocycles. The first-order valence-corrected chi connectivity index (χ1v) is 11.0. The number of aromatic amines is 1. The molecular formula is C24H18NO4P. The minimum atomic E-state index is -3.83. The maximum Gasteiger partial charge on any atom is 0.466 e. The highest BCUT2D eigenvalue weighted by atomic mass is 31.2. The minimum absolute atomic E-state index is 0.349.